The van der Waals surface area contributed by atoms with E-state index in [0.717, 1.165) is 24.5 Å². The number of rotatable bonds is 1. The number of fused-ring (bicyclic) bond motifs is 1. The van der Waals surface area contributed by atoms with E-state index in [-0.39, 0.29) is 0 Å². The Hall–Kier alpha value is -1.81. The molecule has 1 aliphatic rings. The summed E-state index contributed by atoms with van der Waals surface area (Å²) in [6.45, 7) is 4.19. The second-order valence-corrected chi connectivity index (χ2v) is 7.90. The average molecular weight is 353 g/mol. The first-order chi connectivity index (χ1) is 11.7. The summed E-state index contributed by atoms with van der Waals surface area (Å²) in [5.41, 5.74) is 5.47. The summed E-state index contributed by atoms with van der Waals surface area (Å²) in [4.78, 5) is 0. The number of thiophene rings is 1. The summed E-state index contributed by atoms with van der Waals surface area (Å²) in [5.74, 6) is 0. The van der Waals surface area contributed by atoms with Crippen LogP contribution in [0.25, 0.3) is 26.0 Å². The zero-order chi connectivity index (χ0) is 16.3. The predicted octanol–water partition coefficient (Wildman–Crippen LogP) is 5.45. The van der Waals surface area contributed by atoms with Gasteiger partial charge in [0.05, 0.1) is 5.52 Å². The molecule has 1 aliphatic heterocycles. The highest BCUT2D eigenvalue weighted by Gasteiger charge is 2.18. The van der Waals surface area contributed by atoms with Gasteiger partial charge in [0.15, 0.2) is 0 Å². The van der Waals surface area contributed by atoms with Crippen LogP contribution in [0.5, 0.6) is 0 Å². The van der Waals surface area contributed by atoms with Crippen molar-refractivity contribution >= 4 is 43.9 Å². The SMILES string of the molecule is Cc1c(-n2cc3c4c(cccc42)CNCC3)sc2ccc(Cl)cc12. The molecule has 0 amide bonds. The van der Waals surface area contributed by atoms with Crippen LogP contribution in [-0.2, 0) is 13.0 Å². The monoisotopic (exact) mass is 352 g/mol. The van der Waals surface area contributed by atoms with Crippen LogP contribution < -0.4 is 5.32 Å². The summed E-state index contributed by atoms with van der Waals surface area (Å²) in [5, 5.41) is 8.31. The average Bonchev–Trinajstić information content (AvgIpc) is 3.02. The van der Waals surface area contributed by atoms with Crippen molar-refractivity contribution in [2.75, 3.05) is 6.54 Å². The first-order valence-corrected chi connectivity index (χ1v) is 9.43. The van der Waals surface area contributed by atoms with Crippen molar-refractivity contribution in [3.05, 3.63) is 64.3 Å². The standard InChI is InChI=1S/C20H17ClN2S/c1-12-16-9-15(21)5-6-18(16)24-20(12)23-11-14-7-8-22-10-13-3-2-4-17(23)19(13)14/h2-6,9,11,22H,7-8,10H2,1H3. The minimum atomic E-state index is 0.802. The van der Waals surface area contributed by atoms with E-state index in [9.17, 15) is 0 Å². The highest BCUT2D eigenvalue weighted by Crippen LogP contribution is 2.38. The van der Waals surface area contributed by atoms with Crippen LogP contribution in [-0.4, -0.2) is 11.1 Å². The van der Waals surface area contributed by atoms with Crippen LogP contribution in [0.3, 0.4) is 0 Å². The van der Waals surface area contributed by atoms with Gasteiger partial charge in [-0.05, 0) is 66.2 Å². The Morgan fingerprint density at radius 2 is 2.08 bits per heavy atom. The molecule has 4 aromatic rings. The number of aromatic nitrogens is 1. The molecule has 2 aromatic carbocycles. The molecular weight excluding hydrogens is 336 g/mol. The molecule has 0 atom stereocenters. The first kappa shape index (κ1) is 14.5. The van der Waals surface area contributed by atoms with Crippen molar-refractivity contribution < 1.29 is 0 Å². The number of nitrogens with zero attached hydrogens (tertiary/aromatic N) is 1. The maximum absolute atomic E-state index is 6.21. The van der Waals surface area contributed by atoms with E-state index in [4.69, 9.17) is 11.6 Å². The van der Waals surface area contributed by atoms with Gasteiger partial charge in [-0.25, -0.2) is 0 Å². The molecule has 1 N–H and O–H groups in total. The Morgan fingerprint density at radius 1 is 1.17 bits per heavy atom. The molecule has 0 saturated heterocycles. The topological polar surface area (TPSA) is 17.0 Å². The van der Waals surface area contributed by atoms with Crippen molar-refractivity contribution in [2.24, 2.45) is 0 Å². The molecule has 0 aliphatic carbocycles. The van der Waals surface area contributed by atoms with Crippen LogP contribution in [0.4, 0.5) is 0 Å². The van der Waals surface area contributed by atoms with Gasteiger partial charge in [-0.15, -0.1) is 11.3 Å². The third kappa shape index (κ3) is 2.05. The molecule has 120 valence electrons. The predicted molar refractivity (Wildman–Crippen MR) is 104 cm³/mol. The maximum Gasteiger partial charge on any atom is 0.104 e. The van der Waals surface area contributed by atoms with Gasteiger partial charge in [0, 0.05) is 27.9 Å². The third-order valence-electron chi connectivity index (χ3n) is 4.97. The number of hydrogen-bond acceptors (Lipinski definition) is 2. The zero-order valence-corrected chi connectivity index (χ0v) is 15.0. The Morgan fingerprint density at radius 3 is 3.00 bits per heavy atom. The fourth-order valence-electron chi connectivity index (χ4n) is 3.81. The van der Waals surface area contributed by atoms with Crippen molar-refractivity contribution in [2.45, 2.75) is 19.9 Å². The summed E-state index contributed by atoms with van der Waals surface area (Å²) < 4.78 is 3.67. The molecule has 3 heterocycles. The first-order valence-electron chi connectivity index (χ1n) is 8.24. The fraction of sp³-hybridized carbons (Fsp3) is 0.200. The van der Waals surface area contributed by atoms with Gasteiger partial charge in [0.1, 0.15) is 5.00 Å². The second-order valence-electron chi connectivity index (χ2n) is 6.44. The number of halogens is 1. The molecule has 0 spiro atoms. The molecule has 0 bridgehead atoms. The lowest BCUT2D eigenvalue weighted by molar-refractivity contribution is 0.701. The van der Waals surface area contributed by atoms with Crippen molar-refractivity contribution in [3.8, 4) is 5.00 Å². The minimum absolute atomic E-state index is 0.802. The number of hydrogen-bond donors (Lipinski definition) is 1. The summed E-state index contributed by atoms with van der Waals surface area (Å²) >= 11 is 8.05. The molecular formula is C20H17ClN2S. The van der Waals surface area contributed by atoms with E-state index < -0.39 is 0 Å². The van der Waals surface area contributed by atoms with E-state index in [1.54, 1.807) is 0 Å². The van der Waals surface area contributed by atoms with Gasteiger partial charge >= 0.3 is 0 Å². The molecule has 2 aromatic heterocycles. The van der Waals surface area contributed by atoms with Crippen LogP contribution >= 0.6 is 22.9 Å². The fourth-order valence-corrected chi connectivity index (χ4v) is 5.16. The lowest BCUT2D eigenvalue weighted by atomic mass is 10.1. The number of benzene rings is 2. The quantitative estimate of drug-likeness (QED) is 0.481. The molecule has 5 rings (SSSR count). The molecule has 0 unspecified atom stereocenters. The van der Waals surface area contributed by atoms with Gasteiger partial charge in [0.2, 0.25) is 0 Å². The van der Waals surface area contributed by atoms with E-state index >= 15 is 0 Å². The highest BCUT2D eigenvalue weighted by atomic mass is 35.5. The van der Waals surface area contributed by atoms with E-state index in [1.807, 2.05) is 17.4 Å². The second kappa shape index (κ2) is 5.35. The summed E-state index contributed by atoms with van der Waals surface area (Å²) in [7, 11) is 0. The van der Waals surface area contributed by atoms with Gasteiger partial charge in [-0.1, -0.05) is 23.7 Å². The summed E-state index contributed by atoms with van der Waals surface area (Å²) in [6.07, 6.45) is 3.41. The Labute approximate surface area is 149 Å². The largest absolute Gasteiger partial charge is 0.312 e. The van der Waals surface area contributed by atoms with E-state index in [2.05, 4.69) is 53.3 Å². The van der Waals surface area contributed by atoms with Crippen molar-refractivity contribution in [3.63, 3.8) is 0 Å². The third-order valence-corrected chi connectivity index (χ3v) is 6.48. The van der Waals surface area contributed by atoms with E-state index in [1.165, 1.54) is 42.7 Å². The minimum Gasteiger partial charge on any atom is -0.312 e. The van der Waals surface area contributed by atoms with Crippen LogP contribution in [0, 0.1) is 6.92 Å². The molecule has 0 saturated carbocycles. The van der Waals surface area contributed by atoms with Crippen LogP contribution in [0.1, 0.15) is 16.7 Å². The van der Waals surface area contributed by atoms with Crippen molar-refractivity contribution in [1.82, 2.24) is 9.88 Å². The zero-order valence-electron chi connectivity index (χ0n) is 13.4. The maximum atomic E-state index is 6.21. The highest BCUT2D eigenvalue weighted by molar-refractivity contribution is 7.21. The number of nitrogens with one attached hydrogen (secondary N) is 1. The molecule has 0 fully saturated rings. The lowest BCUT2D eigenvalue weighted by Gasteiger charge is -2.07. The molecule has 2 nitrogen and oxygen atoms in total. The van der Waals surface area contributed by atoms with Crippen LogP contribution in [0.15, 0.2) is 42.6 Å². The molecule has 24 heavy (non-hydrogen) atoms. The Balaban J connectivity index is 1.83. The Bertz CT molecular complexity index is 1090. The normalized spacial score (nSPS) is 14.4. The summed E-state index contributed by atoms with van der Waals surface area (Å²) in [6, 6.07) is 12.8. The molecule has 4 heteroatoms. The van der Waals surface area contributed by atoms with Gasteiger partial charge in [-0.3, -0.25) is 0 Å². The van der Waals surface area contributed by atoms with Gasteiger partial charge in [-0.2, -0.15) is 0 Å². The van der Waals surface area contributed by atoms with E-state index in [0.29, 0.717) is 0 Å². The number of aryl methyl sites for hydroxylation is 1. The molecule has 0 radical (unpaired) electrons. The lowest BCUT2D eigenvalue weighted by Crippen LogP contribution is -2.14. The van der Waals surface area contributed by atoms with Crippen LogP contribution in [0.2, 0.25) is 5.02 Å². The van der Waals surface area contributed by atoms with Gasteiger partial charge in [0.25, 0.3) is 0 Å². The van der Waals surface area contributed by atoms with Gasteiger partial charge < -0.3 is 9.88 Å². The van der Waals surface area contributed by atoms with Crippen molar-refractivity contribution in [1.29, 1.82) is 0 Å². The Kier molecular flexibility index (Phi) is 3.24. The smallest absolute Gasteiger partial charge is 0.104 e.